The molecular formula is C34H30CrN12NaO12S2-. The number of aromatic nitrogens is 4. The molecule has 318 valence electrons. The number of aryl methyl sites for hydroxylation is 4. The molecule has 24 nitrogen and oxygen atoms in total. The van der Waals surface area contributed by atoms with E-state index in [0.29, 0.717) is 11.1 Å². The Morgan fingerprint density at radius 3 is 1.29 bits per heavy atom. The molecule has 0 spiro atoms. The number of nitro groups is 2. The molecule has 0 saturated heterocycles. The van der Waals surface area contributed by atoms with Crippen LogP contribution in [0.5, 0.6) is 11.5 Å². The van der Waals surface area contributed by atoms with E-state index in [1.165, 1.54) is 86.6 Å². The number of sulfonamides is 2. The number of nitrogens with zero attached hydrogens (tertiary/aromatic N) is 10. The Labute approximate surface area is 382 Å². The van der Waals surface area contributed by atoms with Crippen molar-refractivity contribution in [2.75, 3.05) is 0 Å². The minimum absolute atomic E-state index is 0. The van der Waals surface area contributed by atoms with E-state index in [2.05, 4.69) is 30.7 Å². The SMILES string of the molecule is Cc1cc(N=N[c-]2c(C)nn(-c3cccc(S(N)(=O)=O)c3)c2=O)c(O)c([N+](=O)[O-])c1.Cc1cc(N=N[c-]2c(C)nn(-c3cccc(S(N)(=O)=O)c3)c2=O)c(O)c([N+](=O)[O-])c1.[Cr].[Na+]. The molecule has 6 aromatic rings. The molecule has 6 N–H and O–H groups in total. The number of azo groups is 2. The number of rotatable bonds is 10. The Morgan fingerprint density at radius 2 is 0.984 bits per heavy atom. The second-order valence-electron chi connectivity index (χ2n) is 12.6. The molecule has 0 saturated carbocycles. The summed E-state index contributed by atoms with van der Waals surface area (Å²) in [5.74, 6) is -1.37. The summed E-state index contributed by atoms with van der Waals surface area (Å²) in [5, 5.41) is 75.5. The van der Waals surface area contributed by atoms with E-state index in [4.69, 9.17) is 10.3 Å². The molecule has 0 radical (unpaired) electrons. The summed E-state index contributed by atoms with van der Waals surface area (Å²) in [7, 11) is -7.97. The van der Waals surface area contributed by atoms with Crippen LogP contribution in [0, 0.1) is 47.9 Å². The standard InChI is InChI=1S/2C17H15N6O6S.Cr.Na/c2*1-9-6-13(16(24)14(7-9)23(26)27)19-20-15-10(2)21-22(17(15)25)11-4-3-5-12(8-11)30(18,28)29;;/h2*3-8,24H,1-2H3,(H2,18,28,29);;/q2*-1;;+1. The Balaban J connectivity index is 0.000000320. The van der Waals surface area contributed by atoms with Crippen LogP contribution in [0.25, 0.3) is 11.4 Å². The Kier molecular flexibility index (Phi) is 16.0. The topological polar surface area (TPSA) is 366 Å². The van der Waals surface area contributed by atoms with E-state index in [-0.39, 0.29) is 102 Å². The van der Waals surface area contributed by atoms with Crippen molar-refractivity contribution in [2.45, 2.75) is 37.5 Å². The van der Waals surface area contributed by atoms with Gasteiger partial charge in [-0.15, -0.1) is 11.4 Å². The third kappa shape index (κ3) is 11.2. The summed E-state index contributed by atoms with van der Waals surface area (Å²) in [4.78, 5) is 45.5. The molecule has 62 heavy (non-hydrogen) atoms. The number of nitro benzene ring substituents is 2. The van der Waals surface area contributed by atoms with Gasteiger partial charge in [-0.3, -0.25) is 20.2 Å². The van der Waals surface area contributed by atoms with Crippen LogP contribution in [0.3, 0.4) is 0 Å². The van der Waals surface area contributed by atoms with Crippen molar-refractivity contribution in [3.8, 4) is 22.9 Å². The molecule has 2 heterocycles. The third-order valence-electron chi connectivity index (χ3n) is 8.09. The van der Waals surface area contributed by atoms with Crippen molar-refractivity contribution in [3.63, 3.8) is 0 Å². The van der Waals surface area contributed by atoms with Crippen LogP contribution in [0.15, 0.2) is 113 Å². The van der Waals surface area contributed by atoms with E-state index in [0.717, 1.165) is 9.36 Å². The molecular weight excluding hydrogens is 908 g/mol. The minimum atomic E-state index is -3.98. The molecule has 2 aromatic heterocycles. The molecule has 0 amide bonds. The van der Waals surface area contributed by atoms with E-state index in [1.807, 2.05) is 0 Å². The first-order chi connectivity index (χ1) is 28.0. The van der Waals surface area contributed by atoms with Gasteiger partial charge >= 0.3 is 40.9 Å². The maximum atomic E-state index is 12.7. The van der Waals surface area contributed by atoms with Crippen LogP contribution < -0.4 is 51.0 Å². The quantitative estimate of drug-likeness (QED) is 0.0497. The van der Waals surface area contributed by atoms with Gasteiger partial charge in [-0.25, -0.2) is 46.7 Å². The van der Waals surface area contributed by atoms with Gasteiger partial charge in [0.15, 0.2) is 0 Å². The smallest absolute Gasteiger partial charge is 0.501 e. The average Bonchev–Trinajstić information content (AvgIpc) is 3.62. The van der Waals surface area contributed by atoms with Gasteiger partial charge in [0, 0.05) is 29.5 Å². The molecule has 28 heteroatoms. The summed E-state index contributed by atoms with van der Waals surface area (Å²) < 4.78 is 48.0. The monoisotopic (exact) mass is 937 g/mol. The number of phenols is 2. The second-order valence-corrected chi connectivity index (χ2v) is 15.7. The first kappa shape index (κ1) is 50.2. The third-order valence-corrected chi connectivity index (χ3v) is 9.92. The van der Waals surface area contributed by atoms with Crippen molar-refractivity contribution in [1.82, 2.24) is 19.6 Å². The maximum absolute atomic E-state index is 12.7. The van der Waals surface area contributed by atoms with Crippen LogP contribution >= 0.6 is 0 Å². The van der Waals surface area contributed by atoms with Crippen LogP contribution in [0.4, 0.5) is 34.1 Å². The molecule has 0 unspecified atom stereocenters. The Bertz CT molecular complexity index is 2940. The molecule has 0 fully saturated rings. The number of nitrogens with two attached hydrogens (primary N) is 2. The molecule has 0 aliphatic heterocycles. The Hall–Kier alpha value is -6.15. The molecule has 0 aliphatic carbocycles. The van der Waals surface area contributed by atoms with Crippen molar-refractivity contribution in [1.29, 1.82) is 0 Å². The number of hydrogen-bond donors (Lipinski definition) is 4. The van der Waals surface area contributed by atoms with Crippen molar-refractivity contribution >= 4 is 54.2 Å². The number of hydrogen-bond acceptors (Lipinski definition) is 18. The molecule has 4 aromatic carbocycles. The van der Waals surface area contributed by atoms with Crippen LogP contribution in [-0.2, 0) is 37.4 Å². The normalized spacial score (nSPS) is 11.5. The fourth-order valence-electron chi connectivity index (χ4n) is 5.28. The van der Waals surface area contributed by atoms with Crippen LogP contribution in [0.2, 0.25) is 0 Å². The van der Waals surface area contributed by atoms with Gasteiger partial charge in [0.25, 0.3) is 0 Å². The van der Waals surface area contributed by atoms with Crippen molar-refractivity contribution in [2.24, 2.45) is 30.7 Å². The van der Waals surface area contributed by atoms with Gasteiger partial charge < -0.3 is 30.0 Å². The van der Waals surface area contributed by atoms with Gasteiger partial charge in [-0.05, 0) is 73.5 Å². The first-order valence-corrected chi connectivity index (χ1v) is 19.7. The minimum Gasteiger partial charge on any atom is -0.501 e. The van der Waals surface area contributed by atoms with E-state index in [1.54, 1.807) is 13.8 Å². The van der Waals surface area contributed by atoms with E-state index < -0.39 is 63.9 Å². The number of aromatic hydroxyl groups is 2. The molecule has 6 rings (SSSR count). The van der Waals surface area contributed by atoms with E-state index >= 15 is 0 Å². The molecule has 0 aliphatic rings. The van der Waals surface area contributed by atoms with Crippen molar-refractivity contribution in [3.05, 3.63) is 136 Å². The van der Waals surface area contributed by atoms with Gasteiger partial charge in [-0.1, -0.05) is 37.4 Å². The second kappa shape index (κ2) is 19.7. The predicted octanol–water partition coefficient (Wildman–Crippen LogP) is 1.49. The summed E-state index contributed by atoms with van der Waals surface area (Å²) in [5.41, 5.74) is -1.68. The fourth-order valence-corrected chi connectivity index (χ4v) is 6.39. The summed E-state index contributed by atoms with van der Waals surface area (Å²) in [6.45, 7) is 6.11. The summed E-state index contributed by atoms with van der Waals surface area (Å²) in [6, 6.07) is 15.7. The van der Waals surface area contributed by atoms with Gasteiger partial charge in [0.1, 0.15) is 22.5 Å². The van der Waals surface area contributed by atoms with Crippen molar-refractivity contribution < 1.29 is 83.8 Å². The fraction of sp³-hybridized carbons (Fsp3) is 0.118. The molecule has 0 atom stereocenters. The maximum Gasteiger partial charge on any atom is 1.00 e. The average molecular weight is 938 g/mol. The van der Waals surface area contributed by atoms with Crippen LogP contribution in [0.1, 0.15) is 22.5 Å². The number of primary sulfonamides is 2. The Morgan fingerprint density at radius 1 is 0.645 bits per heavy atom. The number of phenolic OH excluding ortho intramolecular Hbond substituents is 2. The predicted molar refractivity (Wildman–Crippen MR) is 210 cm³/mol. The zero-order valence-electron chi connectivity index (χ0n) is 32.8. The number of benzene rings is 4. The van der Waals surface area contributed by atoms with Gasteiger partial charge in [0.2, 0.25) is 31.5 Å². The first-order valence-electron chi connectivity index (χ1n) is 16.6. The largest absolute Gasteiger partial charge is 1.00 e. The summed E-state index contributed by atoms with van der Waals surface area (Å²) in [6.07, 6.45) is 0. The zero-order chi connectivity index (χ0) is 44.4. The zero-order valence-corrected chi connectivity index (χ0v) is 37.7. The summed E-state index contributed by atoms with van der Waals surface area (Å²) >= 11 is 0. The van der Waals surface area contributed by atoms with Crippen LogP contribution in [-0.4, -0.2) is 56.5 Å². The van der Waals surface area contributed by atoms with Gasteiger partial charge in [0.05, 0.1) is 31.0 Å². The van der Waals surface area contributed by atoms with Gasteiger partial charge in [-0.2, -0.15) is 10.2 Å². The molecule has 0 bridgehead atoms. The van der Waals surface area contributed by atoms with E-state index in [9.17, 15) is 56.9 Å².